The van der Waals surface area contributed by atoms with Gasteiger partial charge in [0.15, 0.2) is 5.78 Å². The Labute approximate surface area is 114 Å². The maximum Gasteiger partial charge on any atom is 0.161 e. The number of hydrogen-bond acceptors (Lipinski definition) is 3. The Morgan fingerprint density at radius 3 is 2.74 bits per heavy atom. The second kappa shape index (κ2) is 5.44. The molecule has 2 rings (SSSR count). The molecule has 0 aliphatic carbocycles. The van der Waals surface area contributed by atoms with Crippen LogP contribution in [0.4, 0.5) is 5.69 Å². The number of anilines is 1. The van der Waals surface area contributed by atoms with E-state index in [-0.39, 0.29) is 5.78 Å². The quantitative estimate of drug-likeness (QED) is 0.762. The van der Waals surface area contributed by atoms with Gasteiger partial charge in [0.05, 0.1) is 11.6 Å². The van der Waals surface area contributed by atoms with Crippen LogP contribution in [0.25, 0.3) is 0 Å². The molecule has 0 saturated carbocycles. The molecule has 2 unspecified atom stereocenters. The summed E-state index contributed by atoms with van der Waals surface area (Å²) in [5.74, 6) is 0.687. The van der Waals surface area contributed by atoms with Gasteiger partial charge in [-0.3, -0.25) is 4.79 Å². The van der Waals surface area contributed by atoms with Crippen molar-refractivity contribution in [3.63, 3.8) is 0 Å². The van der Waals surface area contributed by atoms with Gasteiger partial charge in [0, 0.05) is 23.8 Å². The van der Waals surface area contributed by atoms with Crippen LogP contribution in [0.15, 0.2) is 18.2 Å². The third-order valence-electron chi connectivity index (χ3n) is 3.93. The van der Waals surface area contributed by atoms with Crippen molar-refractivity contribution in [1.29, 1.82) is 5.26 Å². The van der Waals surface area contributed by atoms with Crippen molar-refractivity contribution in [3.8, 4) is 6.07 Å². The van der Waals surface area contributed by atoms with E-state index < -0.39 is 0 Å². The summed E-state index contributed by atoms with van der Waals surface area (Å²) in [4.78, 5) is 14.1. The van der Waals surface area contributed by atoms with Crippen molar-refractivity contribution < 1.29 is 4.79 Å². The molecule has 1 aromatic rings. The van der Waals surface area contributed by atoms with E-state index in [9.17, 15) is 4.79 Å². The summed E-state index contributed by atoms with van der Waals surface area (Å²) in [5, 5.41) is 9.05. The Morgan fingerprint density at radius 2 is 2.11 bits per heavy atom. The topological polar surface area (TPSA) is 44.1 Å². The van der Waals surface area contributed by atoms with Gasteiger partial charge in [-0.15, -0.1) is 0 Å². The average Bonchev–Trinajstić information content (AvgIpc) is 2.40. The SMILES string of the molecule is CC(=O)c1ccc(C#N)cc1N1CC(C)CCC1C. The third kappa shape index (κ3) is 2.78. The Hall–Kier alpha value is -1.82. The van der Waals surface area contributed by atoms with Crippen LogP contribution in [0.3, 0.4) is 0 Å². The molecule has 1 aliphatic rings. The van der Waals surface area contributed by atoms with Gasteiger partial charge in [0.25, 0.3) is 0 Å². The first-order valence-electron chi connectivity index (χ1n) is 6.84. The molecule has 1 aromatic carbocycles. The molecule has 1 aliphatic heterocycles. The molecule has 2 atom stereocenters. The summed E-state index contributed by atoms with van der Waals surface area (Å²) in [6.07, 6.45) is 2.36. The van der Waals surface area contributed by atoms with Gasteiger partial charge in [0.2, 0.25) is 0 Å². The highest BCUT2D eigenvalue weighted by atomic mass is 16.1. The van der Waals surface area contributed by atoms with E-state index in [4.69, 9.17) is 5.26 Å². The maximum atomic E-state index is 11.8. The highest BCUT2D eigenvalue weighted by molar-refractivity contribution is 6.00. The van der Waals surface area contributed by atoms with Crippen LogP contribution in [0.1, 0.15) is 49.5 Å². The van der Waals surface area contributed by atoms with Gasteiger partial charge in [-0.1, -0.05) is 6.92 Å². The summed E-state index contributed by atoms with van der Waals surface area (Å²) < 4.78 is 0. The lowest BCUT2D eigenvalue weighted by atomic mass is 9.93. The van der Waals surface area contributed by atoms with E-state index >= 15 is 0 Å². The molecule has 1 heterocycles. The van der Waals surface area contributed by atoms with Gasteiger partial charge < -0.3 is 4.90 Å². The maximum absolute atomic E-state index is 11.8. The minimum atomic E-state index is 0.0601. The predicted octanol–water partition coefficient (Wildman–Crippen LogP) is 3.39. The highest BCUT2D eigenvalue weighted by Gasteiger charge is 2.25. The molecule has 0 aromatic heterocycles. The summed E-state index contributed by atoms with van der Waals surface area (Å²) >= 11 is 0. The average molecular weight is 256 g/mol. The van der Waals surface area contributed by atoms with E-state index in [0.717, 1.165) is 24.2 Å². The number of carbonyl (C=O) groups excluding carboxylic acids is 1. The molecule has 19 heavy (non-hydrogen) atoms. The number of piperidine rings is 1. The summed E-state index contributed by atoms with van der Waals surface area (Å²) in [7, 11) is 0. The number of carbonyl (C=O) groups is 1. The normalized spacial score (nSPS) is 22.9. The first-order chi connectivity index (χ1) is 9.02. The molecule has 3 nitrogen and oxygen atoms in total. The van der Waals surface area contributed by atoms with Crippen molar-refractivity contribution in [2.45, 2.75) is 39.7 Å². The summed E-state index contributed by atoms with van der Waals surface area (Å²) in [6, 6.07) is 7.93. The van der Waals surface area contributed by atoms with E-state index in [0.29, 0.717) is 17.5 Å². The summed E-state index contributed by atoms with van der Waals surface area (Å²) in [6.45, 7) is 6.97. The van der Waals surface area contributed by atoms with Crippen LogP contribution in [0.2, 0.25) is 0 Å². The number of benzene rings is 1. The number of Topliss-reactive ketones (excluding diaryl/α,β-unsaturated/α-hetero) is 1. The zero-order valence-electron chi connectivity index (χ0n) is 11.8. The molecule has 0 amide bonds. The number of rotatable bonds is 2. The first kappa shape index (κ1) is 13.6. The zero-order chi connectivity index (χ0) is 14.0. The predicted molar refractivity (Wildman–Crippen MR) is 76.4 cm³/mol. The van der Waals surface area contributed by atoms with Gasteiger partial charge in [-0.25, -0.2) is 0 Å². The summed E-state index contributed by atoms with van der Waals surface area (Å²) in [5.41, 5.74) is 2.26. The monoisotopic (exact) mass is 256 g/mol. The largest absolute Gasteiger partial charge is 0.368 e. The zero-order valence-corrected chi connectivity index (χ0v) is 11.8. The van der Waals surface area contributed by atoms with Crippen LogP contribution in [-0.4, -0.2) is 18.4 Å². The van der Waals surface area contributed by atoms with E-state index in [1.165, 1.54) is 6.42 Å². The first-order valence-corrected chi connectivity index (χ1v) is 6.84. The van der Waals surface area contributed by atoms with Crippen LogP contribution in [-0.2, 0) is 0 Å². The second-order valence-electron chi connectivity index (χ2n) is 5.58. The number of hydrogen-bond donors (Lipinski definition) is 0. The Balaban J connectivity index is 2.46. The third-order valence-corrected chi connectivity index (χ3v) is 3.93. The molecule has 100 valence electrons. The van der Waals surface area contributed by atoms with Gasteiger partial charge in [-0.05, 0) is 50.8 Å². The molecule has 0 bridgehead atoms. The minimum Gasteiger partial charge on any atom is -0.368 e. The Kier molecular flexibility index (Phi) is 3.90. The standard InChI is InChI=1S/C16H20N2O/c1-11-4-5-12(2)18(10-11)16-8-14(9-17)6-7-15(16)13(3)19/h6-8,11-12H,4-5,10H2,1-3H3. The lowest BCUT2D eigenvalue weighted by Gasteiger charge is -2.39. The van der Waals surface area contributed by atoms with Gasteiger partial charge in [-0.2, -0.15) is 5.26 Å². The molecular formula is C16H20N2O. The van der Waals surface area contributed by atoms with Crippen LogP contribution in [0, 0.1) is 17.2 Å². The molecule has 1 fully saturated rings. The lowest BCUT2D eigenvalue weighted by molar-refractivity contribution is 0.101. The van der Waals surface area contributed by atoms with Crippen molar-refractivity contribution >= 4 is 11.5 Å². The molecule has 1 saturated heterocycles. The van der Waals surface area contributed by atoms with Crippen LogP contribution >= 0.6 is 0 Å². The van der Waals surface area contributed by atoms with Gasteiger partial charge >= 0.3 is 0 Å². The van der Waals surface area contributed by atoms with E-state index in [1.807, 2.05) is 6.07 Å². The molecule has 3 heteroatoms. The Morgan fingerprint density at radius 1 is 1.37 bits per heavy atom. The van der Waals surface area contributed by atoms with Crippen molar-refractivity contribution in [3.05, 3.63) is 29.3 Å². The molecule has 0 spiro atoms. The minimum absolute atomic E-state index is 0.0601. The number of nitriles is 1. The fourth-order valence-corrected chi connectivity index (χ4v) is 2.76. The number of nitrogens with zero attached hydrogens (tertiary/aromatic N) is 2. The van der Waals surface area contributed by atoms with E-state index in [2.05, 4.69) is 24.8 Å². The highest BCUT2D eigenvalue weighted by Crippen LogP contribution is 2.31. The number of ketones is 1. The van der Waals surface area contributed by atoms with Crippen molar-refractivity contribution in [2.24, 2.45) is 5.92 Å². The Bertz CT molecular complexity index is 530. The molecule has 0 radical (unpaired) electrons. The van der Waals surface area contributed by atoms with Crippen LogP contribution < -0.4 is 4.90 Å². The fourth-order valence-electron chi connectivity index (χ4n) is 2.76. The van der Waals surface area contributed by atoms with Crippen molar-refractivity contribution in [1.82, 2.24) is 0 Å². The smallest absolute Gasteiger partial charge is 0.161 e. The van der Waals surface area contributed by atoms with Crippen LogP contribution in [0.5, 0.6) is 0 Å². The molecule has 0 N–H and O–H groups in total. The lowest BCUT2D eigenvalue weighted by Crippen LogP contribution is -2.41. The van der Waals surface area contributed by atoms with Crippen molar-refractivity contribution in [2.75, 3.05) is 11.4 Å². The fraction of sp³-hybridized carbons (Fsp3) is 0.500. The van der Waals surface area contributed by atoms with E-state index in [1.54, 1.807) is 19.1 Å². The second-order valence-corrected chi connectivity index (χ2v) is 5.58. The molecular weight excluding hydrogens is 236 g/mol. The van der Waals surface area contributed by atoms with Gasteiger partial charge in [0.1, 0.15) is 0 Å².